The fourth-order valence-electron chi connectivity index (χ4n) is 5.82. The maximum atomic E-state index is 8.25. The summed E-state index contributed by atoms with van der Waals surface area (Å²) in [4.78, 5) is 0. The van der Waals surface area contributed by atoms with Crippen LogP contribution in [-0.4, -0.2) is 21.3 Å². The Labute approximate surface area is 187 Å². The van der Waals surface area contributed by atoms with Crippen LogP contribution >= 0.6 is 0 Å². The Morgan fingerprint density at radius 1 is 0.643 bits per heavy atom. The fraction of sp³-hybridized carbons (Fsp3) is 0.833. The molecule has 0 bridgehead atoms. The van der Waals surface area contributed by atoms with Crippen molar-refractivity contribution in [3.8, 4) is 0 Å². The second-order valence-corrected chi connectivity index (χ2v) is 8.09. The van der Waals surface area contributed by atoms with E-state index < -0.39 is 0 Å². The average molecular weight is 428 g/mol. The predicted molar refractivity (Wildman–Crippen MR) is 111 cm³/mol. The molecule has 0 amide bonds. The van der Waals surface area contributed by atoms with E-state index in [2.05, 4.69) is 62.0 Å². The van der Waals surface area contributed by atoms with Gasteiger partial charge in [-0.3, -0.25) is 0 Å². The van der Waals surface area contributed by atoms with Crippen molar-refractivity contribution in [1.29, 1.82) is 0 Å². The molecular formula is C24H44O3Ti. The third kappa shape index (κ3) is 6.05. The SMILES string of the molecule is CCC1=[C]([Ti+3])C(CC)C2=C1C(CC)C(CC)C(CC)C2CC.C[O-].C[O-].C[O-]. The second kappa shape index (κ2) is 16.8. The van der Waals surface area contributed by atoms with Gasteiger partial charge in [-0.1, -0.05) is 0 Å². The van der Waals surface area contributed by atoms with Gasteiger partial charge in [0.15, 0.2) is 0 Å². The van der Waals surface area contributed by atoms with Crippen molar-refractivity contribution in [2.24, 2.45) is 29.6 Å². The Hall–Kier alpha value is 0.0743. The van der Waals surface area contributed by atoms with E-state index in [-0.39, 0.29) is 0 Å². The summed E-state index contributed by atoms with van der Waals surface area (Å²) >= 11 is 2.44. The van der Waals surface area contributed by atoms with Gasteiger partial charge in [0.1, 0.15) is 0 Å². The maximum absolute atomic E-state index is 8.25. The monoisotopic (exact) mass is 428 g/mol. The number of hydrogen-bond donors (Lipinski definition) is 0. The Bertz CT molecular complexity index is 470. The third-order valence-electron chi connectivity index (χ3n) is 6.62. The van der Waals surface area contributed by atoms with Gasteiger partial charge >= 0.3 is 151 Å². The molecule has 0 saturated heterocycles. The standard InChI is InChI=1S/C21H35.3CH3O.Ti/c1-7-14-13-15(8-2)21-19(12-6)17(10-4)16(9-3)18(11-5)20(14)21;3*1-2;/h14,16-19H,7-12H2,1-6H3;3*1H3;/q;3*-1;+3. The van der Waals surface area contributed by atoms with Crippen LogP contribution in [0.1, 0.15) is 80.1 Å². The van der Waals surface area contributed by atoms with Gasteiger partial charge in [-0.2, -0.15) is 21.3 Å². The minimum Gasteiger partial charge on any atom is -0.857 e. The molecule has 0 radical (unpaired) electrons. The van der Waals surface area contributed by atoms with E-state index >= 15 is 0 Å². The van der Waals surface area contributed by atoms with Gasteiger partial charge in [0.25, 0.3) is 0 Å². The Kier molecular flexibility index (Phi) is 18.2. The van der Waals surface area contributed by atoms with E-state index in [1.54, 1.807) is 9.45 Å². The number of rotatable bonds is 6. The van der Waals surface area contributed by atoms with Gasteiger partial charge in [0, 0.05) is 0 Å². The first-order chi connectivity index (χ1) is 13.6. The molecule has 0 saturated carbocycles. The van der Waals surface area contributed by atoms with Gasteiger partial charge in [0.05, 0.1) is 0 Å². The van der Waals surface area contributed by atoms with Crippen molar-refractivity contribution in [3.63, 3.8) is 0 Å². The summed E-state index contributed by atoms with van der Waals surface area (Å²) in [6.45, 7) is 14.5. The second-order valence-electron chi connectivity index (χ2n) is 7.25. The van der Waals surface area contributed by atoms with Crippen LogP contribution in [0.2, 0.25) is 0 Å². The van der Waals surface area contributed by atoms with Crippen LogP contribution < -0.4 is 15.3 Å². The van der Waals surface area contributed by atoms with E-state index in [0.29, 0.717) is 0 Å². The third-order valence-corrected chi connectivity index (χ3v) is 7.64. The van der Waals surface area contributed by atoms with Crippen LogP contribution in [0.4, 0.5) is 0 Å². The Morgan fingerprint density at radius 3 is 1.39 bits per heavy atom. The van der Waals surface area contributed by atoms with Crippen molar-refractivity contribution >= 4 is 0 Å². The first-order valence-electron chi connectivity index (χ1n) is 11.0. The molecule has 2 rings (SSSR count). The Balaban J connectivity index is 0. The van der Waals surface area contributed by atoms with Crippen molar-refractivity contribution < 1.29 is 35.8 Å². The normalized spacial score (nSPS) is 28.4. The molecule has 0 aromatic carbocycles. The summed E-state index contributed by atoms with van der Waals surface area (Å²) in [7, 11) is 2.25. The Morgan fingerprint density at radius 2 is 1.07 bits per heavy atom. The summed E-state index contributed by atoms with van der Waals surface area (Å²) in [5.41, 5.74) is 5.49. The van der Waals surface area contributed by atoms with Gasteiger partial charge in [-0.25, -0.2) is 0 Å². The van der Waals surface area contributed by atoms with E-state index in [1.807, 2.05) is 11.1 Å². The van der Waals surface area contributed by atoms with Crippen LogP contribution in [-0.2, 0) is 20.4 Å². The minimum absolute atomic E-state index is 0.750. The molecule has 4 heteroatoms. The van der Waals surface area contributed by atoms with E-state index in [1.165, 1.54) is 38.5 Å². The number of allylic oxidation sites excluding steroid dienone is 4. The van der Waals surface area contributed by atoms with E-state index in [4.69, 9.17) is 15.3 Å². The van der Waals surface area contributed by atoms with Crippen LogP contribution in [0.5, 0.6) is 0 Å². The van der Waals surface area contributed by atoms with Crippen molar-refractivity contribution in [2.45, 2.75) is 80.1 Å². The van der Waals surface area contributed by atoms with E-state index in [9.17, 15) is 0 Å². The molecule has 3 nitrogen and oxygen atoms in total. The summed E-state index contributed by atoms with van der Waals surface area (Å²) < 4.78 is 1.72. The zero-order chi connectivity index (χ0) is 22.4. The molecule has 0 aromatic heterocycles. The largest absolute Gasteiger partial charge is 0.857 e. The first-order valence-corrected chi connectivity index (χ1v) is 11.8. The summed E-state index contributed by atoms with van der Waals surface area (Å²) in [6.07, 6.45) is 7.93. The molecule has 2 aliphatic rings. The molecule has 0 heterocycles. The van der Waals surface area contributed by atoms with Crippen LogP contribution in [0.15, 0.2) is 20.6 Å². The predicted octanol–water partition coefficient (Wildman–Crippen LogP) is 3.58. The molecule has 0 spiro atoms. The molecule has 0 fully saturated rings. The van der Waals surface area contributed by atoms with Gasteiger partial charge in [-0.15, -0.1) is 0 Å². The summed E-state index contributed by atoms with van der Waals surface area (Å²) in [5, 5.41) is 24.8. The van der Waals surface area contributed by atoms with Crippen LogP contribution in [0.25, 0.3) is 0 Å². The van der Waals surface area contributed by atoms with Crippen molar-refractivity contribution in [2.75, 3.05) is 21.3 Å². The molecule has 0 N–H and O–H groups in total. The van der Waals surface area contributed by atoms with Gasteiger partial charge < -0.3 is 15.3 Å². The summed E-state index contributed by atoms with van der Waals surface area (Å²) in [6, 6.07) is 0. The van der Waals surface area contributed by atoms with Crippen molar-refractivity contribution in [1.82, 2.24) is 0 Å². The molecule has 162 valence electrons. The number of hydrogen-bond acceptors (Lipinski definition) is 3. The first kappa shape index (κ1) is 30.3. The van der Waals surface area contributed by atoms with Gasteiger partial charge in [-0.05, 0) is 0 Å². The van der Waals surface area contributed by atoms with Crippen LogP contribution in [0.3, 0.4) is 0 Å². The minimum atomic E-state index is 0.750. The zero-order valence-corrected chi connectivity index (χ0v) is 21.4. The average Bonchev–Trinajstić information content (AvgIpc) is 3.06. The quantitative estimate of drug-likeness (QED) is 0.607. The smallest absolute Gasteiger partial charge is 0.153 e. The zero-order valence-electron chi connectivity index (χ0n) is 19.9. The van der Waals surface area contributed by atoms with Crippen molar-refractivity contribution in [3.05, 3.63) is 20.6 Å². The molecule has 5 unspecified atom stereocenters. The molecule has 0 aliphatic heterocycles. The van der Waals surface area contributed by atoms with Crippen LogP contribution in [0, 0.1) is 29.6 Å². The maximum Gasteiger partial charge on any atom is -0.153 e. The molecule has 5 atom stereocenters. The summed E-state index contributed by atoms with van der Waals surface area (Å²) in [5.74, 6) is 4.25. The molecule has 0 aromatic rings. The molecule has 2 aliphatic carbocycles. The van der Waals surface area contributed by atoms with E-state index in [0.717, 1.165) is 50.9 Å². The fourth-order valence-corrected chi connectivity index (χ4v) is 6.87. The molecular weight excluding hydrogens is 384 g/mol. The molecule has 28 heavy (non-hydrogen) atoms. The van der Waals surface area contributed by atoms with Gasteiger partial charge in [0.2, 0.25) is 0 Å². The topological polar surface area (TPSA) is 69.2 Å².